The Labute approximate surface area is 119 Å². The van der Waals surface area contributed by atoms with Crippen molar-refractivity contribution in [3.63, 3.8) is 0 Å². The van der Waals surface area contributed by atoms with Gasteiger partial charge in [0.15, 0.2) is 0 Å². The van der Waals surface area contributed by atoms with Gasteiger partial charge in [0.2, 0.25) is 10.0 Å². The molecule has 2 rings (SSSR count). The van der Waals surface area contributed by atoms with E-state index in [1.165, 1.54) is 7.05 Å². The van der Waals surface area contributed by atoms with Gasteiger partial charge < -0.3 is 10.0 Å². The highest BCUT2D eigenvalue weighted by molar-refractivity contribution is 7.89. The summed E-state index contributed by atoms with van der Waals surface area (Å²) in [5, 5.41) is 8.93. The van der Waals surface area contributed by atoms with Crippen LogP contribution in [-0.2, 0) is 10.0 Å². The molecule has 0 unspecified atom stereocenters. The lowest BCUT2D eigenvalue weighted by atomic mass is 10.3. The van der Waals surface area contributed by atoms with Crippen LogP contribution in [0.2, 0.25) is 0 Å². The molecule has 0 amide bonds. The Morgan fingerprint density at radius 2 is 2.05 bits per heavy atom. The molecule has 1 aliphatic heterocycles. The van der Waals surface area contributed by atoms with Gasteiger partial charge in [0.25, 0.3) is 0 Å². The molecule has 0 aliphatic carbocycles. The van der Waals surface area contributed by atoms with E-state index >= 15 is 0 Å². The summed E-state index contributed by atoms with van der Waals surface area (Å²) in [7, 11) is -2.12. The molecule has 0 radical (unpaired) electrons. The maximum absolute atomic E-state index is 12.0. The molecule has 1 aromatic rings. The first-order valence-electron chi connectivity index (χ1n) is 6.55. The molecule has 20 heavy (non-hydrogen) atoms. The van der Waals surface area contributed by atoms with Gasteiger partial charge in [-0.25, -0.2) is 18.1 Å². The third-order valence-corrected chi connectivity index (χ3v) is 4.83. The number of piperazine rings is 1. The minimum Gasteiger partial charge on any atom is -0.395 e. The number of hydrogen-bond acceptors (Lipinski definition) is 6. The van der Waals surface area contributed by atoms with Crippen LogP contribution in [0.3, 0.4) is 0 Å². The molecule has 112 valence electrons. The number of aliphatic hydroxyl groups is 1. The molecular weight excluding hydrogens is 280 g/mol. The summed E-state index contributed by atoms with van der Waals surface area (Å²) >= 11 is 0. The quantitative estimate of drug-likeness (QED) is 0.733. The van der Waals surface area contributed by atoms with Crippen molar-refractivity contribution < 1.29 is 13.5 Å². The predicted molar refractivity (Wildman–Crippen MR) is 76.2 cm³/mol. The van der Waals surface area contributed by atoms with E-state index in [0.717, 1.165) is 13.1 Å². The van der Waals surface area contributed by atoms with Crippen molar-refractivity contribution in [2.45, 2.75) is 4.90 Å². The molecule has 0 aromatic carbocycles. The third-order valence-electron chi connectivity index (χ3n) is 3.40. The Morgan fingerprint density at radius 1 is 1.35 bits per heavy atom. The summed E-state index contributed by atoms with van der Waals surface area (Å²) in [5.41, 5.74) is 0. The lowest BCUT2D eigenvalue weighted by Crippen LogP contribution is -2.48. The zero-order valence-corrected chi connectivity index (χ0v) is 12.3. The topological polar surface area (TPSA) is 85.8 Å². The number of β-amino-alcohol motifs (C(OH)–C–C–N with tert-alkyl or cyclic N) is 1. The fourth-order valence-corrected chi connectivity index (χ4v) is 3.16. The zero-order chi connectivity index (χ0) is 14.6. The van der Waals surface area contributed by atoms with Crippen LogP contribution in [0.25, 0.3) is 0 Å². The average Bonchev–Trinajstić information content (AvgIpc) is 2.48. The maximum atomic E-state index is 12.0. The summed E-state index contributed by atoms with van der Waals surface area (Å²) in [4.78, 5) is 8.55. The van der Waals surface area contributed by atoms with Crippen LogP contribution in [-0.4, -0.2) is 69.8 Å². The van der Waals surface area contributed by atoms with Crippen LogP contribution in [0.5, 0.6) is 0 Å². The number of aliphatic hydroxyl groups excluding tert-OH is 1. The fourth-order valence-electron chi connectivity index (χ4n) is 2.26. The molecule has 1 saturated heterocycles. The molecule has 0 bridgehead atoms. The predicted octanol–water partition coefficient (Wildman–Crippen LogP) is -0.896. The van der Waals surface area contributed by atoms with E-state index in [4.69, 9.17) is 5.11 Å². The Morgan fingerprint density at radius 3 is 2.65 bits per heavy atom. The molecule has 7 nitrogen and oxygen atoms in total. The second-order valence-corrected chi connectivity index (χ2v) is 6.44. The summed E-state index contributed by atoms with van der Waals surface area (Å²) in [5.74, 6) is 0.491. The number of sulfonamides is 1. The number of anilines is 1. The van der Waals surface area contributed by atoms with Gasteiger partial charge in [0, 0.05) is 38.9 Å². The van der Waals surface area contributed by atoms with Crippen LogP contribution >= 0.6 is 0 Å². The minimum atomic E-state index is -3.51. The van der Waals surface area contributed by atoms with E-state index in [0.29, 0.717) is 25.5 Å². The van der Waals surface area contributed by atoms with Gasteiger partial charge in [-0.3, -0.25) is 4.90 Å². The number of pyridine rings is 1. The SMILES string of the molecule is CNS(=O)(=O)c1cccnc1N1CCN(CCO)CC1. The highest BCUT2D eigenvalue weighted by atomic mass is 32.2. The zero-order valence-electron chi connectivity index (χ0n) is 11.5. The molecule has 2 N–H and O–H groups in total. The summed E-state index contributed by atoms with van der Waals surface area (Å²) in [6.45, 7) is 3.76. The van der Waals surface area contributed by atoms with Gasteiger partial charge in [0.05, 0.1) is 6.61 Å². The molecule has 1 aliphatic rings. The Hall–Kier alpha value is -1.22. The van der Waals surface area contributed by atoms with E-state index in [2.05, 4.69) is 14.6 Å². The molecule has 0 spiro atoms. The van der Waals surface area contributed by atoms with Crippen molar-refractivity contribution in [3.8, 4) is 0 Å². The normalized spacial score (nSPS) is 17.4. The van der Waals surface area contributed by atoms with E-state index in [-0.39, 0.29) is 11.5 Å². The minimum absolute atomic E-state index is 0.142. The van der Waals surface area contributed by atoms with Crippen molar-refractivity contribution in [3.05, 3.63) is 18.3 Å². The van der Waals surface area contributed by atoms with E-state index in [9.17, 15) is 8.42 Å². The van der Waals surface area contributed by atoms with E-state index in [1.807, 2.05) is 4.90 Å². The molecule has 0 saturated carbocycles. The van der Waals surface area contributed by atoms with Crippen LogP contribution < -0.4 is 9.62 Å². The number of nitrogens with one attached hydrogen (secondary N) is 1. The van der Waals surface area contributed by atoms with Crippen molar-refractivity contribution >= 4 is 15.8 Å². The van der Waals surface area contributed by atoms with Crippen molar-refractivity contribution in [1.82, 2.24) is 14.6 Å². The van der Waals surface area contributed by atoms with Crippen molar-refractivity contribution in [2.24, 2.45) is 0 Å². The summed E-state index contributed by atoms with van der Waals surface area (Å²) in [6.07, 6.45) is 1.60. The highest BCUT2D eigenvalue weighted by Crippen LogP contribution is 2.23. The van der Waals surface area contributed by atoms with Gasteiger partial charge in [-0.15, -0.1) is 0 Å². The smallest absolute Gasteiger partial charge is 0.243 e. The molecule has 2 heterocycles. The second kappa shape index (κ2) is 6.49. The summed E-state index contributed by atoms with van der Waals surface area (Å²) < 4.78 is 26.3. The van der Waals surface area contributed by atoms with E-state index < -0.39 is 10.0 Å². The highest BCUT2D eigenvalue weighted by Gasteiger charge is 2.24. The third kappa shape index (κ3) is 3.26. The van der Waals surface area contributed by atoms with Crippen LogP contribution in [0.15, 0.2) is 23.2 Å². The Balaban J connectivity index is 2.19. The standard InChI is InChI=1S/C12H20N4O3S/c1-13-20(18,19)11-3-2-4-14-12(11)16-7-5-15(6-8-16)9-10-17/h2-4,13,17H,5-10H2,1H3. The number of aromatic nitrogens is 1. The van der Waals surface area contributed by atoms with Gasteiger partial charge >= 0.3 is 0 Å². The maximum Gasteiger partial charge on any atom is 0.243 e. The molecular formula is C12H20N4O3S. The van der Waals surface area contributed by atoms with Crippen LogP contribution in [0.4, 0.5) is 5.82 Å². The Bertz CT molecular complexity index is 541. The van der Waals surface area contributed by atoms with Crippen LogP contribution in [0.1, 0.15) is 0 Å². The molecule has 0 atom stereocenters. The van der Waals surface area contributed by atoms with Crippen molar-refractivity contribution in [2.75, 3.05) is 51.3 Å². The number of nitrogens with zero attached hydrogens (tertiary/aromatic N) is 3. The number of rotatable bonds is 5. The lowest BCUT2D eigenvalue weighted by molar-refractivity contribution is 0.188. The first-order valence-corrected chi connectivity index (χ1v) is 8.03. The van der Waals surface area contributed by atoms with Crippen LogP contribution in [0, 0.1) is 0 Å². The average molecular weight is 300 g/mol. The van der Waals surface area contributed by atoms with Crippen molar-refractivity contribution in [1.29, 1.82) is 0 Å². The summed E-state index contributed by atoms with van der Waals surface area (Å²) in [6, 6.07) is 3.18. The second-order valence-electron chi connectivity index (χ2n) is 4.59. The Kier molecular flexibility index (Phi) is 4.92. The molecule has 1 aromatic heterocycles. The molecule has 8 heteroatoms. The lowest BCUT2D eigenvalue weighted by Gasteiger charge is -2.35. The van der Waals surface area contributed by atoms with Gasteiger partial charge in [0.1, 0.15) is 10.7 Å². The molecule has 1 fully saturated rings. The first-order chi connectivity index (χ1) is 9.58. The van der Waals surface area contributed by atoms with Gasteiger partial charge in [-0.2, -0.15) is 0 Å². The van der Waals surface area contributed by atoms with E-state index in [1.54, 1.807) is 18.3 Å². The monoisotopic (exact) mass is 300 g/mol. The fraction of sp³-hybridized carbons (Fsp3) is 0.583. The largest absolute Gasteiger partial charge is 0.395 e. The van der Waals surface area contributed by atoms with Gasteiger partial charge in [-0.05, 0) is 19.2 Å². The first kappa shape index (κ1) is 15.2. The van der Waals surface area contributed by atoms with Gasteiger partial charge in [-0.1, -0.05) is 0 Å². The number of hydrogen-bond donors (Lipinski definition) is 2.